The van der Waals surface area contributed by atoms with Gasteiger partial charge in [0.1, 0.15) is 16.4 Å². The van der Waals surface area contributed by atoms with Crippen LogP contribution in [0.15, 0.2) is 30.3 Å². The van der Waals surface area contributed by atoms with Crippen LogP contribution in [-0.2, 0) is 6.54 Å². The second-order valence-corrected chi connectivity index (χ2v) is 4.97. The minimum Gasteiger partial charge on any atom is -0.497 e. The van der Waals surface area contributed by atoms with E-state index in [-0.39, 0.29) is 10.7 Å². The smallest absolute Gasteiger partial charge is 0.345 e. The van der Waals surface area contributed by atoms with E-state index in [2.05, 4.69) is 5.32 Å². The van der Waals surface area contributed by atoms with Crippen molar-refractivity contribution in [2.75, 3.05) is 12.4 Å². The van der Waals surface area contributed by atoms with E-state index in [1.165, 1.54) is 30.6 Å². The molecule has 4 nitrogen and oxygen atoms in total. The first-order chi connectivity index (χ1) is 9.08. The van der Waals surface area contributed by atoms with Gasteiger partial charge in [-0.1, -0.05) is 0 Å². The summed E-state index contributed by atoms with van der Waals surface area (Å²) in [6, 6.07) is 7.61. The van der Waals surface area contributed by atoms with Crippen LogP contribution in [0.4, 0.5) is 10.1 Å². The van der Waals surface area contributed by atoms with Crippen LogP contribution in [0.25, 0.3) is 0 Å². The number of ether oxygens (including phenoxy) is 1. The Labute approximate surface area is 113 Å². The molecule has 1 aromatic carbocycles. The Bertz CT molecular complexity index is 597. The van der Waals surface area contributed by atoms with Gasteiger partial charge in [-0.15, -0.1) is 11.3 Å². The number of halogens is 1. The van der Waals surface area contributed by atoms with E-state index in [0.29, 0.717) is 18.0 Å². The van der Waals surface area contributed by atoms with Crippen LogP contribution in [-0.4, -0.2) is 18.2 Å². The molecule has 0 bridgehead atoms. The topological polar surface area (TPSA) is 58.6 Å². The molecule has 0 saturated heterocycles. The molecule has 0 atom stereocenters. The number of aromatic carboxylic acids is 1. The molecule has 0 aliphatic heterocycles. The highest BCUT2D eigenvalue weighted by Crippen LogP contribution is 2.22. The number of methoxy groups -OCH3 is 1. The van der Waals surface area contributed by atoms with Crippen LogP contribution in [0.2, 0.25) is 0 Å². The molecule has 100 valence electrons. The SMILES string of the molecule is COc1cc(F)cc(NCc2ccc(C(=O)O)s2)c1. The fourth-order valence-electron chi connectivity index (χ4n) is 1.56. The van der Waals surface area contributed by atoms with Gasteiger partial charge in [-0.25, -0.2) is 9.18 Å². The van der Waals surface area contributed by atoms with Crippen molar-refractivity contribution in [1.29, 1.82) is 0 Å². The Morgan fingerprint density at radius 2 is 2.21 bits per heavy atom. The lowest BCUT2D eigenvalue weighted by molar-refractivity contribution is 0.0702. The maximum atomic E-state index is 13.3. The first-order valence-electron chi connectivity index (χ1n) is 5.49. The van der Waals surface area contributed by atoms with Gasteiger partial charge in [-0.05, 0) is 18.2 Å². The molecule has 0 fully saturated rings. The van der Waals surface area contributed by atoms with E-state index in [4.69, 9.17) is 9.84 Å². The van der Waals surface area contributed by atoms with Crippen LogP contribution < -0.4 is 10.1 Å². The molecule has 0 radical (unpaired) electrons. The predicted molar refractivity (Wildman–Crippen MR) is 71.6 cm³/mol. The van der Waals surface area contributed by atoms with Crippen molar-refractivity contribution in [3.63, 3.8) is 0 Å². The molecule has 0 saturated carbocycles. The van der Waals surface area contributed by atoms with Gasteiger partial charge < -0.3 is 15.2 Å². The van der Waals surface area contributed by atoms with Crippen molar-refractivity contribution in [3.05, 3.63) is 45.9 Å². The molecule has 2 rings (SSSR count). The van der Waals surface area contributed by atoms with Crippen molar-refractivity contribution in [2.24, 2.45) is 0 Å². The second-order valence-electron chi connectivity index (χ2n) is 3.80. The number of carboxylic acid groups (broad SMARTS) is 1. The average molecular weight is 281 g/mol. The van der Waals surface area contributed by atoms with Crippen molar-refractivity contribution in [1.82, 2.24) is 0 Å². The molecule has 1 aromatic heterocycles. The standard InChI is InChI=1S/C13H12FNO3S/c1-18-10-5-8(14)4-9(6-10)15-7-11-2-3-12(19-11)13(16)17/h2-6,15H,7H2,1H3,(H,16,17). The number of thiophene rings is 1. The molecule has 0 unspecified atom stereocenters. The zero-order valence-electron chi connectivity index (χ0n) is 10.1. The molecular formula is C13H12FNO3S. The quantitative estimate of drug-likeness (QED) is 0.883. The van der Waals surface area contributed by atoms with Crippen LogP contribution >= 0.6 is 11.3 Å². The minimum atomic E-state index is -0.941. The average Bonchev–Trinajstić information content (AvgIpc) is 2.84. The molecule has 2 aromatic rings. The monoisotopic (exact) mass is 281 g/mol. The molecule has 2 N–H and O–H groups in total. The van der Waals surface area contributed by atoms with Crippen LogP contribution in [0, 0.1) is 5.82 Å². The summed E-state index contributed by atoms with van der Waals surface area (Å²) in [5.41, 5.74) is 0.585. The van der Waals surface area contributed by atoms with Gasteiger partial charge in [0.15, 0.2) is 0 Å². The van der Waals surface area contributed by atoms with Gasteiger partial charge in [0, 0.05) is 29.2 Å². The lowest BCUT2D eigenvalue weighted by Gasteiger charge is -2.07. The van der Waals surface area contributed by atoms with Crippen molar-refractivity contribution in [2.45, 2.75) is 6.54 Å². The van der Waals surface area contributed by atoms with E-state index in [9.17, 15) is 9.18 Å². The van der Waals surface area contributed by atoms with E-state index in [0.717, 1.165) is 4.88 Å². The maximum Gasteiger partial charge on any atom is 0.345 e. The van der Waals surface area contributed by atoms with E-state index in [1.54, 1.807) is 18.2 Å². The molecule has 0 spiro atoms. The number of benzene rings is 1. The van der Waals surface area contributed by atoms with E-state index >= 15 is 0 Å². The largest absolute Gasteiger partial charge is 0.497 e. The lowest BCUT2D eigenvalue weighted by atomic mass is 10.3. The van der Waals surface area contributed by atoms with Crippen LogP contribution in [0.1, 0.15) is 14.5 Å². The van der Waals surface area contributed by atoms with Gasteiger partial charge >= 0.3 is 5.97 Å². The summed E-state index contributed by atoms with van der Waals surface area (Å²) in [5, 5.41) is 11.8. The van der Waals surface area contributed by atoms with Crippen LogP contribution in [0.3, 0.4) is 0 Å². The lowest BCUT2D eigenvalue weighted by Crippen LogP contribution is -1.98. The fraction of sp³-hybridized carbons (Fsp3) is 0.154. The molecular weight excluding hydrogens is 269 g/mol. The first-order valence-corrected chi connectivity index (χ1v) is 6.30. The maximum absolute atomic E-state index is 13.3. The van der Waals surface area contributed by atoms with Gasteiger partial charge in [-0.3, -0.25) is 0 Å². The molecule has 19 heavy (non-hydrogen) atoms. The summed E-state index contributed by atoms with van der Waals surface area (Å²) >= 11 is 1.19. The summed E-state index contributed by atoms with van der Waals surface area (Å²) in [7, 11) is 1.47. The zero-order valence-corrected chi connectivity index (χ0v) is 11.0. The third-order valence-electron chi connectivity index (χ3n) is 2.45. The van der Waals surface area contributed by atoms with Crippen molar-refractivity contribution >= 4 is 23.0 Å². The summed E-state index contributed by atoms with van der Waals surface area (Å²) < 4.78 is 18.2. The molecule has 6 heteroatoms. The van der Waals surface area contributed by atoms with Gasteiger partial charge in [0.25, 0.3) is 0 Å². The van der Waals surface area contributed by atoms with Gasteiger partial charge in [0.2, 0.25) is 0 Å². The normalized spacial score (nSPS) is 10.2. The van der Waals surface area contributed by atoms with Crippen LogP contribution in [0.5, 0.6) is 5.75 Å². The molecule has 0 aliphatic rings. The molecule has 0 amide bonds. The summed E-state index contributed by atoms with van der Waals surface area (Å²) in [6.07, 6.45) is 0. The molecule has 0 aliphatic carbocycles. The second kappa shape index (κ2) is 5.71. The number of nitrogens with one attached hydrogen (secondary N) is 1. The van der Waals surface area contributed by atoms with Gasteiger partial charge in [-0.2, -0.15) is 0 Å². The van der Waals surface area contributed by atoms with E-state index < -0.39 is 5.97 Å². The highest BCUT2D eigenvalue weighted by Gasteiger charge is 2.07. The Balaban J connectivity index is 2.05. The number of anilines is 1. The Morgan fingerprint density at radius 3 is 2.84 bits per heavy atom. The highest BCUT2D eigenvalue weighted by molar-refractivity contribution is 7.13. The number of carboxylic acids is 1. The number of rotatable bonds is 5. The number of hydrogen-bond donors (Lipinski definition) is 2. The third kappa shape index (κ3) is 3.45. The Hall–Kier alpha value is -2.08. The third-order valence-corrected chi connectivity index (χ3v) is 3.52. The summed E-state index contributed by atoms with van der Waals surface area (Å²) in [5.74, 6) is -0.900. The number of carbonyl (C=O) groups is 1. The molecule has 1 heterocycles. The first kappa shape index (κ1) is 13.4. The van der Waals surface area contributed by atoms with Gasteiger partial charge in [0.05, 0.1) is 7.11 Å². The predicted octanol–water partition coefficient (Wildman–Crippen LogP) is 3.21. The van der Waals surface area contributed by atoms with Crippen molar-refractivity contribution < 1.29 is 19.0 Å². The fourth-order valence-corrected chi connectivity index (χ4v) is 2.35. The summed E-state index contributed by atoms with van der Waals surface area (Å²) in [4.78, 5) is 11.9. The zero-order chi connectivity index (χ0) is 13.8. The van der Waals surface area contributed by atoms with Crippen molar-refractivity contribution in [3.8, 4) is 5.75 Å². The minimum absolute atomic E-state index is 0.286. The Kier molecular flexibility index (Phi) is 4.01. The summed E-state index contributed by atoms with van der Waals surface area (Å²) in [6.45, 7) is 0.435. The Morgan fingerprint density at radius 1 is 1.42 bits per heavy atom. The highest BCUT2D eigenvalue weighted by atomic mass is 32.1. The van der Waals surface area contributed by atoms with E-state index in [1.807, 2.05) is 0 Å². The number of hydrogen-bond acceptors (Lipinski definition) is 4.